The maximum atomic E-state index is 12.0. The quantitative estimate of drug-likeness (QED) is 0.935. The third-order valence-electron chi connectivity index (χ3n) is 3.41. The first kappa shape index (κ1) is 14.7. The van der Waals surface area contributed by atoms with Gasteiger partial charge in [-0.25, -0.2) is 0 Å². The SMILES string of the molecule is O=C(CCc1ccccc1Cl)Nc1ccc2c(c1)OCCO2. The molecule has 0 spiro atoms. The number of carbonyl (C=O) groups is 1. The Labute approximate surface area is 134 Å². The third-order valence-corrected chi connectivity index (χ3v) is 3.77. The van der Waals surface area contributed by atoms with Gasteiger partial charge in [0.1, 0.15) is 13.2 Å². The van der Waals surface area contributed by atoms with E-state index in [0.29, 0.717) is 48.3 Å². The molecule has 1 aliphatic heterocycles. The zero-order valence-corrected chi connectivity index (χ0v) is 12.7. The van der Waals surface area contributed by atoms with E-state index in [4.69, 9.17) is 21.1 Å². The fourth-order valence-electron chi connectivity index (χ4n) is 2.29. The Kier molecular flexibility index (Phi) is 4.49. The highest BCUT2D eigenvalue weighted by Crippen LogP contribution is 2.32. The summed E-state index contributed by atoms with van der Waals surface area (Å²) in [7, 11) is 0. The molecule has 0 unspecified atom stereocenters. The van der Waals surface area contributed by atoms with Crippen LogP contribution in [0.2, 0.25) is 5.02 Å². The summed E-state index contributed by atoms with van der Waals surface area (Å²) in [6.07, 6.45) is 0.980. The summed E-state index contributed by atoms with van der Waals surface area (Å²) in [6.45, 7) is 1.08. The van der Waals surface area contributed by atoms with Crippen LogP contribution in [0.15, 0.2) is 42.5 Å². The van der Waals surface area contributed by atoms with Crippen LogP contribution in [0.25, 0.3) is 0 Å². The number of benzene rings is 2. The lowest BCUT2D eigenvalue weighted by molar-refractivity contribution is -0.116. The molecule has 1 N–H and O–H groups in total. The summed E-state index contributed by atoms with van der Waals surface area (Å²) < 4.78 is 10.9. The van der Waals surface area contributed by atoms with Gasteiger partial charge in [0.05, 0.1) is 0 Å². The first-order chi connectivity index (χ1) is 10.7. The van der Waals surface area contributed by atoms with Gasteiger partial charge in [-0.1, -0.05) is 29.8 Å². The molecule has 3 rings (SSSR count). The Morgan fingerprint density at radius 2 is 1.86 bits per heavy atom. The number of hydrogen-bond acceptors (Lipinski definition) is 3. The van der Waals surface area contributed by atoms with Crippen LogP contribution in [0.5, 0.6) is 11.5 Å². The number of aryl methyl sites for hydroxylation is 1. The maximum Gasteiger partial charge on any atom is 0.224 e. The van der Waals surface area contributed by atoms with Gasteiger partial charge in [-0.3, -0.25) is 4.79 Å². The zero-order chi connectivity index (χ0) is 15.4. The van der Waals surface area contributed by atoms with Gasteiger partial charge in [-0.05, 0) is 30.2 Å². The van der Waals surface area contributed by atoms with E-state index in [-0.39, 0.29) is 5.91 Å². The summed E-state index contributed by atoms with van der Waals surface area (Å²) in [5, 5.41) is 3.55. The van der Waals surface area contributed by atoms with Crippen molar-refractivity contribution in [2.75, 3.05) is 18.5 Å². The molecule has 2 aromatic rings. The molecule has 0 saturated heterocycles. The van der Waals surface area contributed by atoms with Crippen LogP contribution in [0, 0.1) is 0 Å². The molecule has 0 aromatic heterocycles. The van der Waals surface area contributed by atoms with Crippen LogP contribution in [-0.4, -0.2) is 19.1 Å². The van der Waals surface area contributed by atoms with Crippen LogP contribution >= 0.6 is 11.6 Å². The molecular weight excluding hydrogens is 302 g/mol. The van der Waals surface area contributed by atoms with Crippen molar-refractivity contribution in [2.45, 2.75) is 12.8 Å². The van der Waals surface area contributed by atoms with Crippen molar-refractivity contribution in [3.05, 3.63) is 53.1 Å². The normalized spacial score (nSPS) is 12.8. The van der Waals surface area contributed by atoms with Gasteiger partial charge >= 0.3 is 0 Å². The number of amides is 1. The van der Waals surface area contributed by atoms with Gasteiger partial charge in [0.25, 0.3) is 0 Å². The van der Waals surface area contributed by atoms with Crippen LogP contribution in [0.1, 0.15) is 12.0 Å². The lowest BCUT2D eigenvalue weighted by atomic mass is 10.1. The van der Waals surface area contributed by atoms with Gasteiger partial charge in [0, 0.05) is 23.2 Å². The largest absolute Gasteiger partial charge is 0.486 e. The van der Waals surface area contributed by atoms with Crippen molar-refractivity contribution in [3.63, 3.8) is 0 Å². The number of anilines is 1. The number of carbonyl (C=O) groups excluding carboxylic acids is 1. The van der Waals surface area contributed by atoms with Crippen molar-refractivity contribution in [1.82, 2.24) is 0 Å². The second-order valence-corrected chi connectivity index (χ2v) is 5.41. The second kappa shape index (κ2) is 6.71. The highest BCUT2D eigenvalue weighted by molar-refractivity contribution is 6.31. The number of nitrogens with one attached hydrogen (secondary N) is 1. The number of hydrogen-bond donors (Lipinski definition) is 1. The first-order valence-corrected chi connectivity index (χ1v) is 7.53. The summed E-state index contributed by atoms with van der Waals surface area (Å²) in [5.41, 5.74) is 1.68. The van der Waals surface area contributed by atoms with Gasteiger partial charge in [-0.2, -0.15) is 0 Å². The summed E-state index contributed by atoms with van der Waals surface area (Å²) in [6, 6.07) is 12.9. The van der Waals surface area contributed by atoms with Crippen molar-refractivity contribution >= 4 is 23.2 Å². The molecule has 0 aliphatic carbocycles. The van der Waals surface area contributed by atoms with E-state index in [0.717, 1.165) is 5.56 Å². The molecule has 1 aliphatic rings. The number of halogens is 1. The maximum absolute atomic E-state index is 12.0. The molecule has 1 heterocycles. The van der Waals surface area contributed by atoms with E-state index in [9.17, 15) is 4.79 Å². The molecule has 22 heavy (non-hydrogen) atoms. The molecule has 4 nitrogen and oxygen atoms in total. The molecular formula is C17H16ClNO3. The summed E-state index contributed by atoms with van der Waals surface area (Å²) >= 11 is 6.09. The molecule has 0 saturated carbocycles. The van der Waals surface area contributed by atoms with E-state index >= 15 is 0 Å². The van der Waals surface area contributed by atoms with Crippen molar-refractivity contribution in [2.24, 2.45) is 0 Å². The fourth-order valence-corrected chi connectivity index (χ4v) is 2.52. The Bertz CT molecular complexity index is 687. The Morgan fingerprint density at radius 3 is 2.68 bits per heavy atom. The average molecular weight is 318 g/mol. The number of fused-ring (bicyclic) bond motifs is 1. The average Bonchev–Trinajstić information content (AvgIpc) is 2.54. The molecule has 5 heteroatoms. The summed E-state index contributed by atoms with van der Waals surface area (Å²) in [5.74, 6) is 1.31. The standard InChI is InChI=1S/C17H16ClNO3/c18-14-4-2-1-3-12(14)5-8-17(20)19-13-6-7-15-16(11-13)22-10-9-21-15/h1-4,6-7,11H,5,8-10H2,(H,19,20). The fraction of sp³-hybridized carbons (Fsp3) is 0.235. The van der Waals surface area contributed by atoms with E-state index in [1.807, 2.05) is 24.3 Å². The van der Waals surface area contributed by atoms with Gasteiger partial charge in [0.15, 0.2) is 11.5 Å². The second-order valence-electron chi connectivity index (χ2n) is 5.00. The Balaban J connectivity index is 1.59. The van der Waals surface area contributed by atoms with Crippen LogP contribution in [-0.2, 0) is 11.2 Å². The minimum Gasteiger partial charge on any atom is -0.486 e. The predicted octanol–water partition coefficient (Wildman–Crippen LogP) is 3.68. The van der Waals surface area contributed by atoms with Gasteiger partial charge < -0.3 is 14.8 Å². The minimum absolute atomic E-state index is 0.0587. The Morgan fingerprint density at radius 1 is 1.09 bits per heavy atom. The van der Waals surface area contributed by atoms with Crippen molar-refractivity contribution in [3.8, 4) is 11.5 Å². The van der Waals surface area contributed by atoms with E-state index in [2.05, 4.69) is 5.32 Å². The van der Waals surface area contributed by atoms with E-state index < -0.39 is 0 Å². The first-order valence-electron chi connectivity index (χ1n) is 7.15. The van der Waals surface area contributed by atoms with Gasteiger partial charge in [0.2, 0.25) is 5.91 Å². The van der Waals surface area contributed by atoms with Crippen LogP contribution < -0.4 is 14.8 Å². The zero-order valence-electron chi connectivity index (χ0n) is 12.0. The van der Waals surface area contributed by atoms with Crippen LogP contribution in [0.3, 0.4) is 0 Å². The minimum atomic E-state index is -0.0587. The third kappa shape index (κ3) is 3.52. The van der Waals surface area contributed by atoms with Crippen molar-refractivity contribution in [1.29, 1.82) is 0 Å². The predicted molar refractivity (Wildman–Crippen MR) is 85.8 cm³/mol. The molecule has 0 atom stereocenters. The molecule has 2 aromatic carbocycles. The molecule has 1 amide bonds. The van der Waals surface area contributed by atoms with Crippen LogP contribution in [0.4, 0.5) is 5.69 Å². The highest BCUT2D eigenvalue weighted by atomic mass is 35.5. The number of rotatable bonds is 4. The lowest BCUT2D eigenvalue weighted by Gasteiger charge is -2.19. The lowest BCUT2D eigenvalue weighted by Crippen LogP contribution is -2.16. The van der Waals surface area contributed by atoms with Crippen molar-refractivity contribution < 1.29 is 14.3 Å². The number of ether oxygens (including phenoxy) is 2. The summed E-state index contributed by atoms with van der Waals surface area (Å²) in [4.78, 5) is 12.0. The topological polar surface area (TPSA) is 47.6 Å². The highest BCUT2D eigenvalue weighted by Gasteiger charge is 2.13. The smallest absolute Gasteiger partial charge is 0.224 e. The van der Waals surface area contributed by atoms with E-state index in [1.165, 1.54) is 0 Å². The molecule has 0 bridgehead atoms. The molecule has 0 fully saturated rings. The Hall–Kier alpha value is -2.20. The monoisotopic (exact) mass is 317 g/mol. The van der Waals surface area contributed by atoms with E-state index in [1.54, 1.807) is 18.2 Å². The van der Waals surface area contributed by atoms with Gasteiger partial charge in [-0.15, -0.1) is 0 Å². The molecule has 114 valence electrons. The molecule has 0 radical (unpaired) electrons.